The van der Waals surface area contributed by atoms with Crippen LogP contribution < -0.4 is 14.8 Å². The van der Waals surface area contributed by atoms with Gasteiger partial charge in [-0.25, -0.2) is 19.2 Å². The van der Waals surface area contributed by atoms with E-state index >= 15 is 0 Å². The smallest absolute Gasteiger partial charge is 0.339 e. The zero-order chi connectivity index (χ0) is 23.1. The molecule has 0 saturated heterocycles. The fourth-order valence-electron chi connectivity index (χ4n) is 2.93. The molecular formula is C24H26FN3O4. The maximum absolute atomic E-state index is 13.0. The minimum Gasteiger partial charge on any atom is -0.491 e. The van der Waals surface area contributed by atoms with Crippen LogP contribution in [0.3, 0.4) is 0 Å². The summed E-state index contributed by atoms with van der Waals surface area (Å²) in [6.07, 6.45) is 1.23. The number of aromatic carboxylic acids is 1. The number of rotatable bonds is 10. The van der Waals surface area contributed by atoms with Gasteiger partial charge < -0.3 is 19.9 Å². The standard InChI is InChI=1S/C24H26FN3O4/c1-15(2)17-5-4-16(3)22(12-17)31-11-10-26-24-27-13-20(23(29)30)21(28-24)14-32-19-8-6-18(25)7-9-19/h4-9,12-13,15H,10-11,14H2,1-3H3,(H,29,30)(H,26,27,28). The van der Waals surface area contributed by atoms with E-state index in [9.17, 15) is 14.3 Å². The first-order valence-electron chi connectivity index (χ1n) is 10.3. The number of hydrogen-bond donors (Lipinski definition) is 2. The van der Waals surface area contributed by atoms with Gasteiger partial charge in [0.25, 0.3) is 0 Å². The van der Waals surface area contributed by atoms with Crippen LogP contribution in [0, 0.1) is 12.7 Å². The van der Waals surface area contributed by atoms with Gasteiger partial charge >= 0.3 is 5.97 Å². The van der Waals surface area contributed by atoms with Gasteiger partial charge in [-0.2, -0.15) is 0 Å². The molecule has 0 spiro atoms. The van der Waals surface area contributed by atoms with Gasteiger partial charge in [0.1, 0.15) is 36.1 Å². The van der Waals surface area contributed by atoms with Crippen molar-refractivity contribution in [3.05, 3.63) is 76.9 Å². The van der Waals surface area contributed by atoms with Crippen molar-refractivity contribution in [1.82, 2.24) is 9.97 Å². The van der Waals surface area contributed by atoms with Crippen molar-refractivity contribution in [2.75, 3.05) is 18.5 Å². The Kier molecular flexibility index (Phi) is 7.59. The summed E-state index contributed by atoms with van der Waals surface area (Å²) >= 11 is 0. The number of hydrogen-bond acceptors (Lipinski definition) is 6. The molecule has 0 radical (unpaired) electrons. The molecule has 0 bridgehead atoms. The van der Waals surface area contributed by atoms with Crippen molar-refractivity contribution in [3.8, 4) is 11.5 Å². The number of aromatic nitrogens is 2. The van der Waals surface area contributed by atoms with Gasteiger partial charge in [-0.15, -0.1) is 0 Å². The number of anilines is 1. The van der Waals surface area contributed by atoms with Gasteiger partial charge in [-0.05, 0) is 54.3 Å². The monoisotopic (exact) mass is 439 g/mol. The van der Waals surface area contributed by atoms with Crippen LogP contribution in [0.1, 0.15) is 46.9 Å². The van der Waals surface area contributed by atoms with Gasteiger partial charge in [0.2, 0.25) is 5.95 Å². The van der Waals surface area contributed by atoms with E-state index in [4.69, 9.17) is 9.47 Å². The minimum atomic E-state index is -1.15. The summed E-state index contributed by atoms with van der Waals surface area (Å²) in [7, 11) is 0. The Morgan fingerprint density at radius 2 is 1.91 bits per heavy atom. The van der Waals surface area contributed by atoms with Gasteiger partial charge in [0, 0.05) is 6.20 Å². The predicted molar refractivity (Wildman–Crippen MR) is 119 cm³/mol. The van der Waals surface area contributed by atoms with E-state index < -0.39 is 5.97 Å². The molecule has 168 valence electrons. The highest BCUT2D eigenvalue weighted by Gasteiger charge is 2.14. The molecule has 7 nitrogen and oxygen atoms in total. The zero-order valence-corrected chi connectivity index (χ0v) is 18.3. The maximum atomic E-state index is 13.0. The van der Waals surface area contributed by atoms with E-state index in [1.807, 2.05) is 19.1 Å². The number of halogens is 1. The third-order valence-corrected chi connectivity index (χ3v) is 4.81. The minimum absolute atomic E-state index is 0.0602. The molecule has 8 heteroatoms. The van der Waals surface area contributed by atoms with Crippen LogP contribution in [0.5, 0.6) is 11.5 Å². The normalized spacial score (nSPS) is 10.8. The van der Waals surface area contributed by atoms with Crippen LogP contribution in [0.2, 0.25) is 0 Å². The lowest BCUT2D eigenvalue weighted by Gasteiger charge is -2.14. The number of nitrogens with zero attached hydrogens (tertiary/aromatic N) is 2. The highest BCUT2D eigenvalue weighted by molar-refractivity contribution is 5.88. The Labute approximate surface area is 186 Å². The average Bonchev–Trinajstić information content (AvgIpc) is 2.77. The first kappa shape index (κ1) is 23.0. The SMILES string of the molecule is Cc1ccc(C(C)C)cc1OCCNc1ncc(C(=O)O)c(COc2ccc(F)cc2)n1. The number of nitrogens with one attached hydrogen (secondary N) is 1. The lowest BCUT2D eigenvalue weighted by Crippen LogP contribution is -2.16. The zero-order valence-electron chi connectivity index (χ0n) is 18.3. The van der Waals surface area contributed by atoms with Crippen LogP contribution in [-0.4, -0.2) is 34.2 Å². The fraction of sp³-hybridized carbons (Fsp3) is 0.292. The first-order chi connectivity index (χ1) is 15.3. The van der Waals surface area contributed by atoms with Gasteiger partial charge in [-0.3, -0.25) is 0 Å². The van der Waals surface area contributed by atoms with Crippen LogP contribution in [0.4, 0.5) is 10.3 Å². The molecule has 0 fully saturated rings. The molecular weight excluding hydrogens is 413 g/mol. The molecule has 1 heterocycles. The molecule has 1 aromatic heterocycles. The third kappa shape index (κ3) is 6.16. The number of carboxylic acid groups (broad SMARTS) is 1. The molecule has 0 unspecified atom stereocenters. The second-order valence-corrected chi connectivity index (χ2v) is 7.56. The molecule has 0 amide bonds. The predicted octanol–water partition coefficient (Wildman–Crippen LogP) is 4.82. The van der Waals surface area contributed by atoms with E-state index in [2.05, 4.69) is 35.2 Å². The molecule has 0 aliphatic carbocycles. The molecule has 3 aromatic rings. The highest BCUT2D eigenvalue weighted by Crippen LogP contribution is 2.24. The summed E-state index contributed by atoms with van der Waals surface area (Å²) in [5.41, 5.74) is 2.41. The van der Waals surface area contributed by atoms with E-state index in [0.717, 1.165) is 11.3 Å². The Morgan fingerprint density at radius 1 is 1.16 bits per heavy atom. The fourth-order valence-corrected chi connectivity index (χ4v) is 2.93. The number of aryl methyl sites for hydroxylation is 1. The quantitative estimate of drug-likeness (QED) is 0.438. The largest absolute Gasteiger partial charge is 0.491 e. The average molecular weight is 439 g/mol. The Hall–Kier alpha value is -3.68. The van der Waals surface area contributed by atoms with Crippen molar-refractivity contribution >= 4 is 11.9 Å². The summed E-state index contributed by atoms with van der Waals surface area (Å²) in [6, 6.07) is 11.6. The van der Waals surface area contributed by atoms with Crippen LogP contribution in [0.15, 0.2) is 48.7 Å². The lowest BCUT2D eigenvalue weighted by atomic mass is 10.0. The molecule has 0 saturated carbocycles. The van der Waals surface area contributed by atoms with E-state index in [-0.39, 0.29) is 29.6 Å². The topological polar surface area (TPSA) is 93.6 Å². The third-order valence-electron chi connectivity index (χ3n) is 4.81. The molecule has 3 rings (SSSR count). The summed E-state index contributed by atoms with van der Waals surface area (Å²) in [4.78, 5) is 19.8. The van der Waals surface area contributed by atoms with E-state index in [0.29, 0.717) is 24.8 Å². The van der Waals surface area contributed by atoms with Crippen molar-refractivity contribution in [2.45, 2.75) is 33.3 Å². The van der Waals surface area contributed by atoms with Gasteiger partial charge in [-0.1, -0.05) is 26.0 Å². The summed E-state index contributed by atoms with van der Waals surface area (Å²) in [6.45, 7) is 6.97. The molecule has 0 aliphatic heterocycles. The molecule has 2 N–H and O–H groups in total. The molecule has 2 aromatic carbocycles. The lowest BCUT2D eigenvalue weighted by molar-refractivity contribution is 0.0692. The molecule has 32 heavy (non-hydrogen) atoms. The van der Waals surface area contributed by atoms with Crippen molar-refractivity contribution in [2.24, 2.45) is 0 Å². The number of ether oxygens (including phenoxy) is 2. The number of benzene rings is 2. The maximum Gasteiger partial charge on any atom is 0.339 e. The first-order valence-corrected chi connectivity index (χ1v) is 10.3. The Balaban J connectivity index is 1.60. The van der Waals surface area contributed by atoms with Crippen LogP contribution >= 0.6 is 0 Å². The second kappa shape index (κ2) is 10.6. The van der Waals surface area contributed by atoms with Crippen LogP contribution in [0.25, 0.3) is 0 Å². The highest BCUT2D eigenvalue weighted by atomic mass is 19.1. The van der Waals surface area contributed by atoms with Gasteiger partial charge in [0.05, 0.1) is 12.2 Å². The molecule has 0 atom stereocenters. The Bertz CT molecular complexity index is 1070. The van der Waals surface area contributed by atoms with Gasteiger partial charge in [0.15, 0.2) is 0 Å². The summed E-state index contributed by atoms with van der Waals surface area (Å²) in [5.74, 6) is 0.372. The number of carbonyl (C=O) groups is 1. The number of carboxylic acids is 1. The Morgan fingerprint density at radius 3 is 2.59 bits per heavy atom. The van der Waals surface area contributed by atoms with E-state index in [1.165, 1.54) is 36.0 Å². The van der Waals surface area contributed by atoms with E-state index in [1.54, 1.807) is 0 Å². The van der Waals surface area contributed by atoms with Crippen molar-refractivity contribution in [3.63, 3.8) is 0 Å². The summed E-state index contributed by atoms with van der Waals surface area (Å²) in [5, 5.41) is 12.4. The summed E-state index contributed by atoms with van der Waals surface area (Å²) < 4.78 is 24.5. The van der Waals surface area contributed by atoms with Crippen molar-refractivity contribution in [1.29, 1.82) is 0 Å². The van der Waals surface area contributed by atoms with Crippen molar-refractivity contribution < 1.29 is 23.8 Å². The van der Waals surface area contributed by atoms with Crippen LogP contribution in [-0.2, 0) is 6.61 Å². The molecule has 0 aliphatic rings. The second-order valence-electron chi connectivity index (χ2n) is 7.56.